The summed E-state index contributed by atoms with van der Waals surface area (Å²) in [6, 6.07) is 18.5. The number of fused-ring (bicyclic) bond motifs is 1. The van der Waals surface area contributed by atoms with Gasteiger partial charge in [-0.1, -0.05) is 36.4 Å². The number of hydrogen-bond donors (Lipinski definition) is 2. The highest BCUT2D eigenvalue weighted by molar-refractivity contribution is 7.98. The number of anilines is 1. The van der Waals surface area contributed by atoms with Gasteiger partial charge < -0.3 is 15.4 Å². The second-order valence-electron chi connectivity index (χ2n) is 7.59. The Labute approximate surface area is 193 Å². The first-order chi connectivity index (χ1) is 15.6. The smallest absolute Gasteiger partial charge is 0.195 e. The standard InChI is InChI=1S/C25H27N5OS/c1-17-14-23(18(2)13-22(17)29-25-27-11-6-12-28-25)31-16-32-30-24(26-3)21-10-9-19-7-4-5-8-20(19)15-21/h4-5,7-10,13-15H,3,6,11-12,16H2,1-2H3,(H2,27,28,29)/b30-24-. The van der Waals surface area contributed by atoms with Crippen molar-refractivity contribution in [3.8, 4) is 5.75 Å². The van der Waals surface area contributed by atoms with E-state index in [-0.39, 0.29) is 0 Å². The zero-order chi connectivity index (χ0) is 22.3. The molecular formula is C25H27N5OS. The molecule has 0 atom stereocenters. The Balaban J connectivity index is 1.39. The fourth-order valence-corrected chi connectivity index (χ4v) is 4.02. The molecule has 3 aromatic carbocycles. The van der Waals surface area contributed by atoms with Crippen molar-refractivity contribution in [3.05, 3.63) is 71.3 Å². The zero-order valence-electron chi connectivity index (χ0n) is 18.4. The van der Waals surface area contributed by atoms with Crippen molar-refractivity contribution in [1.82, 2.24) is 5.32 Å². The van der Waals surface area contributed by atoms with Crippen molar-refractivity contribution in [1.29, 1.82) is 0 Å². The number of amidine groups is 1. The number of benzene rings is 3. The molecule has 4 rings (SSSR count). The van der Waals surface area contributed by atoms with Crippen LogP contribution in [-0.4, -0.2) is 37.5 Å². The molecule has 0 bridgehead atoms. The summed E-state index contributed by atoms with van der Waals surface area (Å²) in [5.74, 6) is 2.65. The predicted octanol–water partition coefficient (Wildman–Crippen LogP) is 5.35. The molecule has 6 nitrogen and oxygen atoms in total. The lowest BCUT2D eigenvalue weighted by atomic mass is 10.1. The SMILES string of the molecule is C=N/C(=N\SCOc1cc(C)c(NC2=NCCCN2)cc1C)c1ccc2ccccc2c1. The van der Waals surface area contributed by atoms with Crippen molar-refractivity contribution < 1.29 is 4.74 Å². The fourth-order valence-electron chi connectivity index (χ4n) is 3.50. The van der Waals surface area contributed by atoms with Gasteiger partial charge in [-0.3, -0.25) is 4.99 Å². The number of nitrogens with zero attached hydrogens (tertiary/aromatic N) is 3. The van der Waals surface area contributed by atoms with Gasteiger partial charge in [0.1, 0.15) is 5.75 Å². The summed E-state index contributed by atoms with van der Waals surface area (Å²) in [5, 5.41) is 9.00. The summed E-state index contributed by atoms with van der Waals surface area (Å²) in [6.07, 6.45) is 1.07. The van der Waals surface area contributed by atoms with Crippen LogP contribution in [0, 0.1) is 13.8 Å². The molecule has 0 unspecified atom stereocenters. The number of aliphatic imine (C=N–C) groups is 2. The van der Waals surface area contributed by atoms with E-state index in [2.05, 4.69) is 69.0 Å². The van der Waals surface area contributed by atoms with Gasteiger partial charge in [0.15, 0.2) is 17.7 Å². The first-order valence-corrected chi connectivity index (χ1v) is 11.5. The zero-order valence-corrected chi connectivity index (χ0v) is 19.2. The van der Waals surface area contributed by atoms with E-state index in [4.69, 9.17) is 4.74 Å². The van der Waals surface area contributed by atoms with Crippen LogP contribution in [0.4, 0.5) is 5.69 Å². The fraction of sp³-hybridized carbons (Fsp3) is 0.240. The maximum Gasteiger partial charge on any atom is 0.195 e. The molecule has 0 fully saturated rings. The van der Waals surface area contributed by atoms with E-state index in [0.717, 1.165) is 59.0 Å². The molecule has 0 amide bonds. The van der Waals surface area contributed by atoms with Crippen molar-refractivity contribution in [3.63, 3.8) is 0 Å². The summed E-state index contributed by atoms with van der Waals surface area (Å²) < 4.78 is 10.5. The molecule has 2 N–H and O–H groups in total. The molecule has 1 aliphatic rings. The third-order valence-electron chi connectivity index (χ3n) is 5.25. The first-order valence-electron chi connectivity index (χ1n) is 10.6. The molecule has 1 aliphatic heterocycles. The Bertz CT molecular complexity index is 1190. The van der Waals surface area contributed by atoms with E-state index in [1.54, 1.807) is 0 Å². The van der Waals surface area contributed by atoms with Crippen LogP contribution in [0.1, 0.15) is 23.1 Å². The quantitative estimate of drug-likeness (QED) is 0.176. The molecule has 32 heavy (non-hydrogen) atoms. The van der Waals surface area contributed by atoms with Crippen molar-refractivity contribution in [2.24, 2.45) is 14.4 Å². The second kappa shape index (κ2) is 10.3. The number of nitrogens with one attached hydrogen (secondary N) is 2. The predicted molar refractivity (Wildman–Crippen MR) is 138 cm³/mol. The Morgan fingerprint density at radius 1 is 1.12 bits per heavy atom. The van der Waals surface area contributed by atoms with E-state index in [9.17, 15) is 0 Å². The second-order valence-corrected chi connectivity index (χ2v) is 8.27. The van der Waals surface area contributed by atoms with Gasteiger partial charge in [0, 0.05) is 36.3 Å². The summed E-state index contributed by atoms with van der Waals surface area (Å²) in [7, 11) is 0. The van der Waals surface area contributed by atoms with Gasteiger partial charge in [-0.15, -0.1) is 0 Å². The van der Waals surface area contributed by atoms with Crippen molar-refractivity contribution in [2.75, 3.05) is 24.3 Å². The van der Waals surface area contributed by atoms with Crippen LogP contribution in [-0.2, 0) is 0 Å². The largest absolute Gasteiger partial charge is 0.481 e. The molecule has 164 valence electrons. The van der Waals surface area contributed by atoms with E-state index < -0.39 is 0 Å². The average Bonchev–Trinajstić information content (AvgIpc) is 2.82. The van der Waals surface area contributed by atoms with Crippen molar-refractivity contribution >= 4 is 46.9 Å². The van der Waals surface area contributed by atoms with Crippen LogP contribution in [0.5, 0.6) is 5.75 Å². The van der Waals surface area contributed by atoms with Gasteiger partial charge in [-0.2, -0.15) is 4.40 Å². The van der Waals surface area contributed by atoms with Gasteiger partial charge in [-0.05, 0) is 67.1 Å². The van der Waals surface area contributed by atoms with Crippen LogP contribution < -0.4 is 15.4 Å². The lowest BCUT2D eigenvalue weighted by Crippen LogP contribution is -2.35. The number of guanidine groups is 1. The maximum atomic E-state index is 5.98. The van der Waals surface area contributed by atoms with Crippen LogP contribution >= 0.6 is 11.9 Å². The maximum absolute atomic E-state index is 5.98. The van der Waals surface area contributed by atoms with Gasteiger partial charge in [0.2, 0.25) is 0 Å². The van der Waals surface area contributed by atoms with Crippen LogP contribution in [0.25, 0.3) is 10.8 Å². The number of hydrogen-bond acceptors (Lipinski definition) is 6. The molecule has 0 spiro atoms. The van der Waals surface area contributed by atoms with Gasteiger partial charge in [-0.25, -0.2) is 4.99 Å². The number of rotatable bonds is 6. The van der Waals surface area contributed by atoms with Crippen molar-refractivity contribution in [2.45, 2.75) is 20.3 Å². The summed E-state index contributed by atoms with van der Waals surface area (Å²) >= 11 is 1.32. The summed E-state index contributed by atoms with van der Waals surface area (Å²) in [5.41, 5.74) is 4.12. The number of aryl methyl sites for hydroxylation is 2. The minimum Gasteiger partial charge on any atom is -0.481 e. The highest BCUT2D eigenvalue weighted by Gasteiger charge is 2.10. The topological polar surface area (TPSA) is 70.4 Å². The monoisotopic (exact) mass is 445 g/mol. The van der Waals surface area contributed by atoms with Crippen LogP contribution in [0.2, 0.25) is 0 Å². The summed E-state index contributed by atoms with van der Waals surface area (Å²) in [6.45, 7) is 9.58. The van der Waals surface area contributed by atoms with E-state index >= 15 is 0 Å². The van der Waals surface area contributed by atoms with Gasteiger partial charge in [0.05, 0.1) is 0 Å². The Morgan fingerprint density at radius 2 is 1.97 bits per heavy atom. The molecule has 0 aliphatic carbocycles. The normalized spacial score (nSPS) is 13.9. The minimum absolute atomic E-state index is 0.383. The number of ether oxygens (including phenoxy) is 1. The summed E-state index contributed by atoms with van der Waals surface area (Å²) in [4.78, 5) is 8.58. The minimum atomic E-state index is 0.383. The van der Waals surface area contributed by atoms with Gasteiger partial charge in [0.25, 0.3) is 0 Å². The highest BCUT2D eigenvalue weighted by atomic mass is 32.2. The third kappa shape index (κ3) is 5.29. The molecule has 0 saturated heterocycles. The molecule has 0 aromatic heterocycles. The Kier molecular flexibility index (Phi) is 7.07. The van der Waals surface area contributed by atoms with E-state index in [1.165, 1.54) is 17.3 Å². The Hall–Kier alpha value is -3.32. The van der Waals surface area contributed by atoms with E-state index in [0.29, 0.717) is 11.8 Å². The first kappa shape index (κ1) is 21.9. The Morgan fingerprint density at radius 3 is 2.75 bits per heavy atom. The molecule has 3 aromatic rings. The average molecular weight is 446 g/mol. The third-order valence-corrected chi connectivity index (χ3v) is 5.77. The molecular weight excluding hydrogens is 418 g/mol. The molecule has 1 heterocycles. The highest BCUT2D eigenvalue weighted by Crippen LogP contribution is 2.27. The van der Waals surface area contributed by atoms with Gasteiger partial charge >= 0.3 is 0 Å². The molecule has 7 heteroatoms. The van der Waals surface area contributed by atoms with Crippen LogP contribution in [0.3, 0.4) is 0 Å². The van der Waals surface area contributed by atoms with Crippen LogP contribution in [0.15, 0.2) is 69.0 Å². The van der Waals surface area contributed by atoms with E-state index in [1.807, 2.05) is 31.2 Å². The molecule has 0 saturated carbocycles. The lowest BCUT2D eigenvalue weighted by Gasteiger charge is -2.18. The molecule has 0 radical (unpaired) electrons. The lowest BCUT2D eigenvalue weighted by molar-refractivity contribution is 0.390.